The molecule has 1 aliphatic rings. The quantitative estimate of drug-likeness (QED) is 0.745. The summed E-state index contributed by atoms with van der Waals surface area (Å²) in [5.41, 5.74) is 5.97. The number of fused-ring (bicyclic) bond motifs is 1. The number of allylic oxidation sites excluding steroid dienone is 1. The molecule has 0 aromatic carbocycles. The average molecular weight is 194 g/mol. The van der Waals surface area contributed by atoms with Crippen LogP contribution in [0.5, 0.6) is 0 Å². The van der Waals surface area contributed by atoms with E-state index in [1.165, 1.54) is 0 Å². The van der Waals surface area contributed by atoms with Crippen molar-refractivity contribution in [1.29, 1.82) is 0 Å². The molecule has 0 aliphatic heterocycles. The van der Waals surface area contributed by atoms with Crippen molar-refractivity contribution in [3.8, 4) is 0 Å². The van der Waals surface area contributed by atoms with Crippen LogP contribution in [0.4, 0.5) is 0 Å². The summed E-state index contributed by atoms with van der Waals surface area (Å²) in [6.07, 6.45) is 4.04. The Morgan fingerprint density at radius 1 is 1.64 bits per heavy atom. The minimum Gasteiger partial charge on any atom is -0.361 e. The highest BCUT2D eigenvalue weighted by Crippen LogP contribution is 2.26. The van der Waals surface area contributed by atoms with Crippen LogP contribution in [-0.2, 0) is 11.3 Å². The van der Waals surface area contributed by atoms with Crippen LogP contribution >= 0.6 is 0 Å². The normalized spacial score (nSPS) is 14.9. The van der Waals surface area contributed by atoms with Crippen molar-refractivity contribution in [1.82, 2.24) is 10.6 Å². The van der Waals surface area contributed by atoms with Gasteiger partial charge in [0.2, 0.25) is 0 Å². The number of nitrogens with zero attached hydrogens (tertiary/aromatic N) is 1. The maximum absolute atomic E-state index is 5.17. The van der Waals surface area contributed by atoms with Crippen LogP contribution in [0.15, 0.2) is 10.6 Å². The van der Waals surface area contributed by atoms with Gasteiger partial charge in [0.15, 0.2) is 0 Å². The molecule has 2 rings (SSSR count). The second kappa shape index (κ2) is 3.84. The summed E-state index contributed by atoms with van der Waals surface area (Å²) in [5.74, 6) is 0.846. The Balaban J connectivity index is 2.25. The van der Waals surface area contributed by atoms with Crippen LogP contribution in [0.2, 0.25) is 0 Å². The number of aromatic nitrogens is 1. The van der Waals surface area contributed by atoms with Crippen LogP contribution in [0.3, 0.4) is 0 Å². The topological polar surface area (TPSA) is 47.3 Å². The average Bonchev–Trinajstić information content (AvgIpc) is 2.58. The van der Waals surface area contributed by atoms with E-state index in [9.17, 15) is 0 Å². The Morgan fingerprint density at radius 2 is 2.50 bits per heavy atom. The van der Waals surface area contributed by atoms with Gasteiger partial charge in [0, 0.05) is 0 Å². The Bertz CT molecular complexity index is 355. The Labute approximate surface area is 82.9 Å². The van der Waals surface area contributed by atoms with Crippen molar-refractivity contribution < 1.29 is 9.36 Å². The third-order valence-corrected chi connectivity index (χ3v) is 2.26. The van der Waals surface area contributed by atoms with E-state index < -0.39 is 0 Å². The van der Waals surface area contributed by atoms with Gasteiger partial charge in [-0.2, -0.15) is 0 Å². The van der Waals surface area contributed by atoms with E-state index in [1.807, 2.05) is 13.8 Å². The molecule has 0 fully saturated rings. The van der Waals surface area contributed by atoms with Gasteiger partial charge in [-0.15, -0.1) is 0 Å². The summed E-state index contributed by atoms with van der Waals surface area (Å²) in [7, 11) is 0. The van der Waals surface area contributed by atoms with Crippen LogP contribution < -0.4 is 5.48 Å². The summed E-state index contributed by atoms with van der Waals surface area (Å²) in [6, 6.07) is 0. The van der Waals surface area contributed by atoms with E-state index in [-0.39, 0.29) is 0 Å². The fourth-order valence-electron chi connectivity index (χ4n) is 1.63. The molecule has 0 saturated heterocycles. The summed E-state index contributed by atoms with van der Waals surface area (Å²) < 4.78 is 5.14. The molecule has 76 valence electrons. The first-order valence-electron chi connectivity index (χ1n) is 4.86. The first kappa shape index (κ1) is 9.27. The Hall–Kier alpha value is -1.29. The molecule has 0 saturated carbocycles. The lowest BCUT2D eigenvalue weighted by Gasteiger charge is -2.13. The minimum atomic E-state index is 0.636. The third kappa shape index (κ3) is 1.53. The second-order valence-electron chi connectivity index (χ2n) is 3.25. The maximum atomic E-state index is 5.17. The Morgan fingerprint density at radius 3 is 3.29 bits per heavy atom. The summed E-state index contributed by atoms with van der Waals surface area (Å²) in [5, 5.41) is 4.00. The summed E-state index contributed by atoms with van der Waals surface area (Å²) >= 11 is 0. The van der Waals surface area contributed by atoms with Gasteiger partial charge in [0.05, 0.1) is 23.6 Å². The van der Waals surface area contributed by atoms with E-state index in [0.717, 1.165) is 35.6 Å². The standard InChI is InChI=1S/C10H14N2O2/c1-3-13-11-8-5-4-6-9-10(8)7(2)14-12-9/h5,11H,3-4,6H2,1-2H3. The number of hydroxylamine groups is 1. The molecule has 0 spiro atoms. The molecule has 1 aliphatic carbocycles. The zero-order valence-corrected chi connectivity index (χ0v) is 8.46. The molecule has 1 aromatic rings. The minimum absolute atomic E-state index is 0.636. The van der Waals surface area contributed by atoms with Gasteiger partial charge in [-0.3, -0.25) is 10.3 Å². The first-order valence-corrected chi connectivity index (χ1v) is 4.86. The summed E-state index contributed by atoms with van der Waals surface area (Å²) in [4.78, 5) is 5.17. The molecular formula is C10H14N2O2. The van der Waals surface area contributed by atoms with E-state index in [0.29, 0.717) is 6.61 Å². The predicted octanol–water partition coefficient (Wildman–Crippen LogP) is 1.81. The number of hydrogen-bond donors (Lipinski definition) is 1. The van der Waals surface area contributed by atoms with E-state index >= 15 is 0 Å². The molecule has 14 heavy (non-hydrogen) atoms. The fourth-order valence-corrected chi connectivity index (χ4v) is 1.63. The number of nitrogens with one attached hydrogen (secondary N) is 1. The highest BCUT2D eigenvalue weighted by atomic mass is 16.6. The SMILES string of the molecule is CCONC1=CCCc2noc(C)c21. The number of aryl methyl sites for hydroxylation is 2. The monoisotopic (exact) mass is 194 g/mol. The highest BCUT2D eigenvalue weighted by molar-refractivity contribution is 5.68. The van der Waals surface area contributed by atoms with Gasteiger partial charge in [0.25, 0.3) is 0 Å². The maximum Gasteiger partial charge on any atom is 0.143 e. The van der Waals surface area contributed by atoms with Crippen LogP contribution in [0.1, 0.15) is 30.4 Å². The van der Waals surface area contributed by atoms with Gasteiger partial charge in [0.1, 0.15) is 5.76 Å². The molecule has 1 N–H and O–H groups in total. The van der Waals surface area contributed by atoms with Crippen molar-refractivity contribution in [2.75, 3.05) is 6.61 Å². The van der Waals surface area contributed by atoms with E-state index in [2.05, 4.69) is 16.7 Å². The zero-order valence-electron chi connectivity index (χ0n) is 8.46. The fraction of sp³-hybridized carbons (Fsp3) is 0.500. The molecule has 1 heterocycles. The van der Waals surface area contributed by atoms with Crippen molar-refractivity contribution >= 4 is 5.70 Å². The molecule has 0 amide bonds. The molecular weight excluding hydrogens is 180 g/mol. The van der Waals surface area contributed by atoms with Crippen LogP contribution in [0, 0.1) is 6.92 Å². The molecule has 0 atom stereocenters. The largest absolute Gasteiger partial charge is 0.361 e. The zero-order chi connectivity index (χ0) is 9.97. The lowest BCUT2D eigenvalue weighted by Crippen LogP contribution is -2.16. The molecule has 0 unspecified atom stereocenters. The van der Waals surface area contributed by atoms with E-state index in [1.54, 1.807) is 0 Å². The van der Waals surface area contributed by atoms with Crippen LogP contribution in [0.25, 0.3) is 5.70 Å². The Kier molecular flexibility index (Phi) is 2.54. The second-order valence-corrected chi connectivity index (χ2v) is 3.25. The van der Waals surface area contributed by atoms with Crippen molar-refractivity contribution in [2.45, 2.75) is 26.7 Å². The van der Waals surface area contributed by atoms with Gasteiger partial charge >= 0.3 is 0 Å². The van der Waals surface area contributed by atoms with Crippen molar-refractivity contribution in [2.24, 2.45) is 0 Å². The van der Waals surface area contributed by atoms with Gasteiger partial charge < -0.3 is 4.52 Å². The molecule has 1 aromatic heterocycles. The molecule has 4 nitrogen and oxygen atoms in total. The van der Waals surface area contributed by atoms with E-state index in [4.69, 9.17) is 9.36 Å². The molecule has 0 bridgehead atoms. The number of rotatable bonds is 3. The van der Waals surface area contributed by atoms with Crippen molar-refractivity contribution in [3.05, 3.63) is 23.1 Å². The van der Waals surface area contributed by atoms with Crippen LogP contribution in [-0.4, -0.2) is 11.8 Å². The third-order valence-electron chi connectivity index (χ3n) is 2.26. The van der Waals surface area contributed by atoms with Gasteiger partial charge in [-0.05, 0) is 26.7 Å². The summed E-state index contributed by atoms with van der Waals surface area (Å²) in [6.45, 7) is 4.49. The lowest BCUT2D eigenvalue weighted by atomic mass is 10.0. The smallest absolute Gasteiger partial charge is 0.143 e. The van der Waals surface area contributed by atoms with Gasteiger partial charge in [-0.1, -0.05) is 11.2 Å². The number of hydrogen-bond acceptors (Lipinski definition) is 4. The molecule has 0 radical (unpaired) electrons. The first-order chi connectivity index (χ1) is 6.83. The van der Waals surface area contributed by atoms with Gasteiger partial charge in [-0.25, -0.2) is 0 Å². The highest BCUT2D eigenvalue weighted by Gasteiger charge is 2.19. The predicted molar refractivity (Wildman–Crippen MR) is 52.3 cm³/mol. The molecule has 4 heteroatoms. The lowest BCUT2D eigenvalue weighted by molar-refractivity contribution is 0.0895. The van der Waals surface area contributed by atoms with Crippen molar-refractivity contribution in [3.63, 3.8) is 0 Å².